The highest BCUT2D eigenvalue weighted by Crippen LogP contribution is 2.18. The van der Waals surface area contributed by atoms with Crippen molar-refractivity contribution in [3.8, 4) is 0 Å². The number of amides is 1. The van der Waals surface area contributed by atoms with Gasteiger partial charge in [-0.2, -0.15) is 0 Å². The maximum atomic E-state index is 12.2. The zero-order chi connectivity index (χ0) is 12.3. The fourth-order valence-corrected chi connectivity index (χ4v) is 2.79. The topological polar surface area (TPSA) is 26.8 Å². The Morgan fingerprint density at radius 2 is 1.76 bits per heavy atom. The molecule has 0 saturated carbocycles. The number of piperidine rings is 1. The maximum absolute atomic E-state index is 12.2. The molecule has 17 heavy (non-hydrogen) atoms. The van der Waals surface area contributed by atoms with Crippen LogP contribution in [0.15, 0.2) is 0 Å². The third-order valence-electron chi connectivity index (χ3n) is 4.19. The molecular formula is C13H25N3O. The van der Waals surface area contributed by atoms with Crippen molar-refractivity contribution < 1.29 is 4.79 Å². The number of nitrogens with zero attached hydrogens (tertiary/aromatic N) is 3. The molecule has 0 spiro atoms. The van der Waals surface area contributed by atoms with Gasteiger partial charge in [0.1, 0.15) is 0 Å². The summed E-state index contributed by atoms with van der Waals surface area (Å²) in [6.45, 7) is 5.01. The van der Waals surface area contributed by atoms with E-state index in [1.165, 1.54) is 19.3 Å². The Morgan fingerprint density at radius 1 is 1.06 bits per heavy atom. The normalized spacial score (nSPS) is 28.4. The highest BCUT2D eigenvalue weighted by molar-refractivity contribution is 5.77. The van der Waals surface area contributed by atoms with Gasteiger partial charge < -0.3 is 14.7 Å². The lowest BCUT2D eigenvalue weighted by atomic mass is 9.99. The Labute approximate surface area is 105 Å². The molecule has 2 aliphatic rings. The number of carbonyl (C=O) groups excluding carboxylic acids is 1. The van der Waals surface area contributed by atoms with Gasteiger partial charge in [-0.15, -0.1) is 0 Å². The smallest absolute Gasteiger partial charge is 0.224 e. The summed E-state index contributed by atoms with van der Waals surface area (Å²) in [5.41, 5.74) is 0. The first kappa shape index (κ1) is 12.8. The van der Waals surface area contributed by atoms with E-state index in [0.717, 1.165) is 39.1 Å². The van der Waals surface area contributed by atoms with Gasteiger partial charge in [0.25, 0.3) is 0 Å². The Balaban J connectivity index is 1.79. The summed E-state index contributed by atoms with van der Waals surface area (Å²) in [5, 5.41) is 0. The summed E-state index contributed by atoms with van der Waals surface area (Å²) >= 11 is 0. The van der Waals surface area contributed by atoms with Crippen LogP contribution in [0.4, 0.5) is 0 Å². The van der Waals surface area contributed by atoms with Crippen molar-refractivity contribution in [1.82, 2.24) is 14.7 Å². The highest BCUT2D eigenvalue weighted by Gasteiger charge is 2.25. The molecule has 4 nitrogen and oxygen atoms in total. The van der Waals surface area contributed by atoms with Crippen LogP contribution < -0.4 is 0 Å². The monoisotopic (exact) mass is 239 g/mol. The minimum atomic E-state index is 0.358. The molecule has 0 aromatic heterocycles. The Bertz CT molecular complexity index is 261. The average molecular weight is 239 g/mol. The molecule has 2 fully saturated rings. The number of hydrogen-bond donors (Lipinski definition) is 0. The summed E-state index contributed by atoms with van der Waals surface area (Å²) in [6, 6.07) is 0.482. The molecule has 98 valence electrons. The van der Waals surface area contributed by atoms with Crippen LogP contribution in [0.5, 0.6) is 0 Å². The summed E-state index contributed by atoms with van der Waals surface area (Å²) in [6.07, 6.45) is 4.48. The predicted octanol–water partition coefficient (Wildman–Crippen LogP) is 0.635. The number of hydrogen-bond acceptors (Lipinski definition) is 3. The van der Waals surface area contributed by atoms with Gasteiger partial charge in [0.15, 0.2) is 0 Å². The van der Waals surface area contributed by atoms with Gasteiger partial charge in [-0.3, -0.25) is 4.79 Å². The van der Waals surface area contributed by atoms with E-state index in [0.29, 0.717) is 11.9 Å². The molecule has 1 unspecified atom stereocenters. The third-order valence-corrected chi connectivity index (χ3v) is 4.19. The SMILES string of the molecule is CN1CCN(C(=O)CC2CCCCN2C)CC1. The molecule has 0 aromatic carbocycles. The largest absolute Gasteiger partial charge is 0.340 e. The molecule has 0 radical (unpaired) electrons. The van der Waals surface area contributed by atoms with Crippen molar-refractivity contribution in [2.45, 2.75) is 31.7 Å². The van der Waals surface area contributed by atoms with E-state index in [9.17, 15) is 4.79 Å². The van der Waals surface area contributed by atoms with Crippen molar-refractivity contribution in [1.29, 1.82) is 0 Å². The standard InChI is InChI=1S/C13H25N3O/c1-14-7-9-16(10-8-14)13(17)11-12-5-3-4-6-15(12)2/h12H,3-11H2,1-2H3. The molecule has 0 N–H and O–H groups in total. The summed E-state index contributed by atoms with van der Waals surface area (Å²) < 4.78 is 0. The Kier molecular flexibility index (Phi) is 4.40. The quantitative estimate of drug-likeness (QED) is 0.707. The minimum Gasteiger partial charge on any atom is -0.340 e. The molecule has 1 atom stereocenters. The van der Waals surface area contributed by atoms with E-state index in [1.807, 2.05) is 4.90 Å². The van der Waals surface area contributed by atoms with Crippen molar-refractivity contribution in [2.24, 2.45) is 0 Å². The molecule has 2 saturated heterocycles. The number of carbonyl (C=O) groups is 1. The van der Waals surface area contributed by atoms with Gasteiger partial charge in [0, 0.05) is 38.6 Å². The van der Waals surface area contributed by atoms with Crippen LogP contribution in [0.1, 0.15) is 25.7 Å². The van der Waals surface area contributed by atoms with Crippen molar-refractivity contribution >= 4 is 5.91 Å². The highest BCUT2D eigenvalue weighted by atomic mass is 16.2. The first-order chi connectivity index (χ1) is 8.16. The minimum absolute atomic E-state index is 0.358. The van der Waals surface area contributed by atoms with Crippen LogP contribution in [-0.2, 0) is 4.79 Å². The first-order valence-corrected chi connectivity index (χ1v) is 6.83. The second-order valence-corrected chi connectivity index (χ2v) is 5.52. The molecular weight excluding hydrogens is 214 g/mol. The van der Waals surface area contributed by atoms with Crippen LogP contribution in [0.3, 0.4) is 0 Å². The van der Waals surface area contributed by atoms with Gasteiger partial charge in [0.05, 0.1) is 0 Å². The zero-order valence-corrected chi connectivity index (χ0v) is 11.2. The average Bonchev–Trinajstić information content (AvgIpc) is 2.33. The number of likely N-dealkylation sites (tertiary alicyclic amines) is 1. The van der Waals surface area contributed by atoms with E-state index >= 15 is 0 Å². The third kappa shape index (κ3) is 3.42. The van der Waals surface area contributed by atoms with Gasteiger partial charge >= 0.3 is 0 Å². The van der Waals surface area contributed by atoms with E-state index < -0.39 is 0 Å². The number of likely N-dealkylation sites (N-methyl/N-ethyl adjacent to an activating group) is 1. The Morgan fingerprint density at radius 3 is 2.41 bits per heavy atom. The van der Waals surface area contributed by atoms with Gasteiger partial charge in [-0.25, -0.2) is 0 Å². The molecule has 2 heterocycles. The van der Waals surface area contributed by atoms with Crippen molar-refractivity contribution in [3.63, 3.8) is 0 Å². The molecule has 2 rings (SSSR count). The van der Waals surface area contributed by atoms with E-state index in [-0.39, 0.29) is 0 Å². The molecule has 0 aliphatic carbocycles. The lowest BCUT2D eigenvalue weighted by molar-refractivity contribution is -0.134. The van der Waals surface area contributed by atoms with Gasteiger partial charge in [-0.05, 0) is 33.5 Å². The fourth-order valence-electron chi connectivity index (χ4n) is 2.79. The lowest BCUT2D eigenvalue weighted by Crippen LogP contribution is -2.49. The van der Waals surface area contributed by atoms with Crippen LogP contribution in [0, 0.1) is 0 Å². The molecule has 4 heteroatoms. The van der Waals surface area contributed by atoms with Crippen LogP contribution in [0.25, 0.3) is 0 Å². The predicted molar refractivity (Wildman–Crippen MR) is 69.0 cm³/mol. The van der Waals surface area contributed by atoms with Crippen molar-refractivity contribution in [3.05, 3.63) is 0 Å². The summed E-state index contributed by atoms with van der Waals surface area (Å²) in [5.74, 6) is 0.358. The zero-order valence-electron chi connectivity index (χ0n) is 11.2. The van der Waals surface area contributed by atoms with E-state index in [4.69, 9.17) is 0 Å². The fraction of sp³-hybridized carbons (Fsp3) is 0.923. The Hall–Kier alpha value is -0.610. The second kappa shape index (κ2) is 5.83. The van der Waals surface area contributed by atoms with Crippen LogP contribution in [0.2, 0.25) is 0 Å². The molecule has 2 aliphatic heterocycles. The van der Waals surface area contributed by atoms with Gasteiger partial charge in [0.2, 0.25) is 5.91 Å². The summed E-state index contributed by atoms with van der Waals surface area (Å²) in [4.78, 5) is 18.9. The molecule has 0 bridgehead atoms. The summed E-state index contributed by atoms with van der Waals surface area (Å²) in [7, 11) is 4.28. The number of rotatable bonds is 2. The maximum Gasteiger partial charge on any atom is 0.224 e. The molecule has 1 amide bonds. The van der Waals surface area contributed by atoms with E-state index in [1.54, 1.807) is 0 Å². The van der Waals surface area contributed by atoms with E-state index in [2.05, 4.69) is 23.9 Å². The number of piperazine rings is 1. The van der Waals surface area contributed by atoms with Crippen LogP contribution >= 0.6 is 0 Å². The lowest BCUT2D eigenvalue weighted by Gasteiger charge is -2.36. The molecule has 0 aromatic rings. The van der Waals surface area contributed by atoms with Crippen LogP contribution in [-0.4, -0.2) is 73.5 Å². The van der Waals surface area contributed by atoms with Crippen molar-refractivity contribution in [2.75, 3.05) is 46.8 Å². The second-order valence-electron chi connectivity index (χ2n) is 5.52. The first-order valence-electron chi connectivity index (χ1n) is 6.83. The van der Waals surface area contributed by atoms with Gasteiger partial charge in [-0.1, -0.05) is 6.42 Å².